The zero-order valence-corrected chi connectivity index (χ0v) is 18.7. The van der Waals surface area contributed by atoms with Crippen molar-refractivity contribution in [2.75, 3.05) is 24.5 Å². The smallest absolute Gasteiger partial charge is 0.410 e. The number of piperazine rings is 1. The van der Waals surface area contributed by atoms with E-state index in [2.05, 4.69) is 32.0 Å². The average Bonchev–Trinajstić information content (AvgIpc) is 2.55. The number of hydrogen-bond donors (Lipinski definition) is 0. The van der Waals surface area contributed by atoms with Gasteiger partial charge in [-0.25, -0.2) is 9.25 Å². The second-order valence-electron chi connectivity index (χ2n) is 6.83. The zero-order valence-electron chi connectivity index (χ0n) is 14.8. The van der Waals surface area contributed by atoms with Gasteiger partial charge in [-0.15, -0.1) is 0 Å². The maximum atomic E-state index is 12.3. The number of anilines is 1. The molecule has 0 aliphatic carbocycles. The first kappa shape index (κ1) is 20.7. The van der Waals surface area contributed by atoms with E-state index in [0.29, 0.717) is 25.3 Å². The molecular formula is C15H23ClIN4O3P. The highest BCUT2D eigenvalue weighted by Gasteiger charge is 2.32. The van der Waals surface area contributed by atoms with E-state index in [1.807, 2.05) is 27.7 Å². The molecule has 10 heteroatoms. The number of ether oxygens (including phenoxy) is 1. The third-order valence-corrected chi connectivity index (χ3v) is 6.10. The first-order valence-corrected chi connectivity index (χ1v) is 12.5. The Morgan fingerprint density at radius 3 is 2.72 bits per heavy atom. The van der Waals surface area contributed by atoms with Crippen molar-refractivity contribution in [1.29, 1.82) is 0 Å². The molecular weight excluding hydrogens is 478 g/mol. The van der Waals surface area contributed by atoms with Crippen LogP contribution >= 0.6 is 40.0 Å². The highest BCUT2D eigenvalue weighted by molar-refractivity contribution is 14.2. The first-order valence-electron chi connectivity index (χ1n) is 8.07. The minimum absolute atomic E-state index is 0.0536. The van der Waals surface area contributed by atoms with Crippen molar-refractivity contribution in [2.45, 2.75) is 45.8 Å². The van der Waals surface area contributed by atoms with Crippen LogP contribution in [0.25, 0.3) is 0 Å². The Balaban J connectivity index is 2.19. The van der Waals surface area contributed by atoms with Gasteiger partial charge < -0.3 is 14.5 Å². The Morgan fingerprint density at radius 2 is 2.16 bits per heavy atom. The molecule has 1 aliphatic heterocycles. The number of halogens is 2. The molecule has 0 bridgehead atoms. The fourth-order valence-electron chi connectivity index (χ4n) is 2.70. The summed E-state index contributed by atoms with van der Waals surface area (Å²) in [5.41, 5.74) is -0.168. The van der Waals surface area contributed by atoms with Gasteiger partial charge in [-0.3, -0.25) is 4.79 Å². The summed E-state index contributed by atoms with van der Waals surface area (Å²) < 4.78 is 6.81. The summed E-state index contributed by atoms with van der Waals surface area (Å²) >= 11 is 8.39. The second-order valence-corrected chi connectivity index (χ2v) is 9.24. The molecule has 0 spiro atoms. The van der Waals surface area contributed by atoms with E-state index in [0.717, 1.165) is 6.42 Å². The number of hydrogen-bond acceptors (Lipinski definition) is 5. The van der Waals surface area contributed by atoms with Gasteiger partial charge in [-0.05, 0) is 49.2 Å². The topological polar surface area (TPSA) is 67.7 Å². The van der Waals surface area contributed by atoms with Gasteiger partial charge in [0.15, 0.2) is 0 Å². The molecule has 2 unspecified atom stereocenters. The van der Waals surface area contributed by atoms with Crippen LogP contribution < -0.4 is 10.5 Å². The molecule has 1 aromatic rings. The van der Waals surface area contributed by atoms with E-state index >= 15 is 0 Å². The lowest BCUT2D eigenvalue weighted by Gasteiger charge is -2.42. The Morgan fingerprint density at radius 1 is 1.48 bits per heavy atom. The van der Waals surface area contributed by atoms with Crippen molar-refractivity contribution in [2.24, 2.45) is 0 Å². The molecule has 0 N–H and O–H groups in total. The van der Waals surface area contributed by atoms with E-state index in [-0.39, 0.29) is 29.1 Å². The van der Waals surface area contributed by atoms with Gasteiger partial charge in [-0.1, -0.05) is 18.5 Å². The molecule has 2 atom stereocenters. The van der Waals surface area contributed by atoms with Crippen LogP contribution in [0.3, 0.4) is 0 Å². The van der Waals surface area contributed by atoms with E-state index in [4.69, 9.17) is 16.3 Å². The van der Waals surface area contributed by atoms with Gasteiger partial charge in [0.1, 0.15) is 10.6 Å². The molecule has 2 rings (SSSR count). The molecule has 1 aromatic heterocycles. The second kappa shape index (κ2) is 8.39. The number of nitrogens with zero attached hydrogens (tertiary/aromatic N) is 4. The average molecular weight is 501 g/mol. The van der Waals surface area contributed by atoms with Gasteiger partial charge in [0, 0.05) is 25.7 Å². The van der Waals surface area contributed by atoms with Crippen molar-refractivity contribution >= 4 is 51.8 Å². The van der Waals surface area contributed by atoms with Crippen molar-refractivity contribution < 1.29 is 9.53 Å². The van der Waals surface area contributed by atoms with Crippen LogP contribution in [0.4, 0.5) is 10.5 Å². The quantitative estimate of drug-likeness (QED) is 0.469. The molecule has 0 aromatic carbocycles. The summed E-state index contributed by atoms with van der Waals surface area (Å²) in [5.74, 6) is 0. The van der Waals surface area contributed by atoms with E-state index in [9.17, 15) is 9.59 Å². The van der Waals surface area contributed by atoms with Crippen LogP contribution in [0.5, 0.6) is 0 Å². The van der Waals surface area contributed by atoms with E-state index in [1.54, 1.807) is 11.1 Å². The lowest BCUT2D eigenvalue weighted by Crippen LogP contribution is -2.55. The standard InChI is InChI=1S/C15H23ClIN4O3P/c1-5-10-9-19(14(23)24-15(2,3)4)6-7-20(10)11-8-18-21(25-17)13(22)12(11)16/h8,10,25H,5-7,9H2,1-4H3. The number of carbonyl (C=O) groups excluding carboxylic acids is 1. The molecule has 1 fully saturated rings. The summed E-state index contributed by atoms with van der Waals surface area (Å²) in [6.07, 6.45) is 2.35. The van der Waals surface area contributed by atoms with Crippen LogP contribution in [0.2, 0.25) is 5.02 Å². The molecule has 25 heavy (non-hydrogen) atoms. The molecule has 0 saturated carbocycles. The van der Waals surface area contributed by atoms with Crippen LogP contribution in [0.1, 0.15) is 34.1 Å². The Bertz CT molecular complexity index is 694. The van der Waals surface area contributed by atoms with E-state index < -0.39 is 5.60 Å². The van der Waals surface area contributed by atoms with Crippen molar-refractivity contribution in [3.8, 4) is 0 Å². The first-order chi connectivity index (χ1) is 11.7. The van der Waals surface area contributed by atoms with Crippen molar-refractivity contribution in [1.82, 2.24) is 14.5 Å². The SMILES string of the molecule is CCC1CN(C(=O)OC(C)(C)C)CCN1c1cnn(PI)c(=O)c1Cl. The highest BCUT2D eigenvalue weighted by atomic mass is 127. The Kier molecular flexibility index (Phi) is 6.95. The number of aromatic nitrogens is 2. The van der Waals surface area contributed by atoms with Crippen LogP contribution in [0.15, 0.2) is 11.0 Å². The summed E-state index contributed by atoms with van der Waals surface area (Å²) in [4.78, 5) is 28.3. The fourth-order valence-corrected chi connectivity index (χ4v) is 4.33. The van der Waals surface area contributed by atoms with Gasteiger partial charge in [0.05, 0.1) is 18.3 Å². The predicted octanol–water partition coefficient (Wildman–Crippen LogP) is 3.52. The number of amides is 1. The largest absolute Gasteiger partial charge is 0.444 e. The van der Waals surface area contributed by atoms with Crippen molar-refractivity contribution in [3.63, 3.8) is 0 Å². The summed E-state index contributed by atoms with van der Waals surface area (Å²) in [7, 11) is 0. The fraction of sp³-hybridized carbons (Fsp3) is 0.667. The highest BCUT2D eigenvalue weighted by Crippen LogP contribution is 2.29. The van der Waals surface area contributed by atoms with Crippen LogP contribution in [0, 0.1) is 0 Å². The summed E-state index contributed by atoms with van der Waals surface area (Å²) in [5, 5.41) is 4.37. The summed E-state index contributed by atoms with van der Waals surface area (Å²) in [6, 6.07) is 0.0536. The molecule has 1 aliphatic rings. The molecule has 2 heterocycles. The number of rotatable bonds is 3. The molecule has 0 radical (unpaired) electrons. The zero-order chi connectivity index (χ0) is 18.8. The van der Waals surface area contributed by atoms with E-state index in [1.165, 1.54) is 4.45 Å². The lowest BCUT2D eigenvalue weighted by molar-refractivity contribution is 0.0213. The Labute approximate surface area is 167 Å². The van der Waals surface area contributed by atoms with Gasteiger partial charge in [-0.2, -0.15) is 5.10 Å². The van der Waals surface area contributed by atoms with Crippen LogP contribution in [-0.2, 0) is 4.74 Å². The predicted molar refractivity (Wildman–Crippen MR) is 110 cm³/mol. The normalized spacial score (nSPS) is 18.9. The Hall–Kier alpha value is -0.600. The maximum absolute atomic E-state index is 12.3. The molecule has 1 amide bonds. The third kappa shape index (κ3) is 4.98. The molecule has 1 saturated heterocycles. The maximum Gasteiger partial charge on any atom is 0.410 e. The number of carbonyl (C=O) groups is 1. The monoisotopic (exact) mass is 500 g/mol. The molecule has 7 nitrogen and oxygen atoms in total. The lowest BCUT2D eigenvalue weighted by atomic mass is 10.1. The minimum Gasteiger partial charge on any atom is -0.444 e. The molecule has 140 valence electrons. The minimum atomic E-state index is -0.520. The van der Waals surface area contributed by atoms with Gasteiger partial charge >= 0.3 is 6.09 Å². The third-order valence-electron chi connectivity index (χ3n) is 3.90. The van der Waals surface area contributed by atoms with Gasteiger partial charge in [0.2, 0.25) is 0 Å². The van der Waals surface area contributed by atoms with Crippen molar-refractivity contribution in [3.05, 3.63) is 21.6 Å². The van der Waals surface area contributed by atoms with Gasteiger partial charge in [0.25, 0.3) is 5.56 Å². The summed E-state index contributed by atoms with van der Waals surface area (Å²) in [6.45, 7) is 9.23. The van der Waals surface area contributed by atoms with Crippen LogP contribution in [-0.4, -0.2) is 51.8 Å².